The van der Waals surface area contributed by atoms with Gasteiger partial charge in [-0.1, -0.05) is 0 Å². The van der Waals surface area contributed by atoms with Crippen LogP contribution in [0, 0.1) is 5.92 Å². The topological polar surface area (TPSA) is 105 Å². The summed E-state index contributed by atoms with van der Waals surface area (Å²) in [4.78, 5) is 47.0. The van der Waals surface area contributed by atoms with E-state index in [0.29, 0.717) is 12.8 Å². The monoisotopic (exact) mass is 430 g/mol. The summed E-state index contributed by atoms with van der Waals surface area (Å²) in [7, 11) is 0. The number of hydrogen-bond donors (Lipinski definition) is 0. The van der Waals surface area contributed by atoms with Gasteiger partial charge in [0.05, 0.1) is 0 Å². The first-order valence-corrected chi connectivity index (χ1v) is 11.7. The maximum atomic E-state index is 12.2. The van der Waals surface area contributed by atoms with Gasteiger partial charge in [0, 0.05) is 0 Å². The predicted molar refractivity (Wildman–Crippen MR) is 81.2 cm³/mol. The summed E-state index contributed by atoms with van der Waals surface area (Å²) in [5, 5.41) is 0. The van der Waals surface area contributed by atoms with Crippen molar-refractivity contribution in [1.82, 2.24) is 0 Å². The third-order valence-electron chi connectivity index (χ3n) is 3.40. The molecule has 1 heterocycles. The molecule has 0 N–H and O–H groups in total. The van der Waals surface area contributed by atoms with Gasteiger partial charge >= 0.3 is 130 Å². The van der Waals surface area contributed by atoms with Crippen LogP contribution in [-0.4, -0.2) is 27.8 Å². The van der Waals surface area contributed by atoms with Crippen LogP contribution in [0.4, 0.5) is 0 Å². The summed E-state index contributed by atoms with van der Waals surface area (Å²) in [6.07, 6.45) is 2.49. The summed E-state index contributed by atoms with van der Waals surface area (Å²) >= 11 is -5.77. The van der Waals surface area contributed by atoms with Crippen molar-refractivity contribution in [1.29, 1.82) is 0 Å². The van der Waals surface area contributed by atoms with Gasteiger partial charge < -0.3 is 0 Å². The number of hydrogen-bond acceptors (Lipinski definition) is 8. The Morgan fingerprint density at radius 3 is 1.86 bits per heavy atom. The standard InChI is InChI=1S/C13H19IO8/c1-8(15)19-14(20-9(2)16,21-10(3)17)12-7-5-4-6-11(12)13(18)22-14/h11-12H,4-7H2,1-3H3. The van der Waals surface area contributed by atoms with Crippen LogP contribution in [-0.2, 0) is 31.4 Å². The molecular weight excluding hydrogens is 411 g/mol. The zero-order chi connectivity index (χ0) is 16.6. The fourth-order valence-corrected chi connectivity index (χ4v) is 12.7. The van der Waals surface area contributed by atoms with Gasteiger partial charge in [-0.25, -0.2) is 0 Å². The van der Waals surface area contributed by atoms with E-state index in [2.05, 4.69) is 0 Å². The van der Waals surface area contributed by atoms with Gasteiger partial charge in [0.2, 0.25) is 0 Å². The second-order valence-electron chi connectivity index (χ2n) is 5.24. The molecule has 9 heteroatoms. The van der Waals surface area contributed by atoms with E-state index < -0.39 is 52.4 Å². The van der Waals surface area contributed by atoms with Crippen LogP contribution < -0.4 is 0 Å². The van der Waals surface area contributed by atoms with Crippen molar-refractivity contribution >= 4 is 42.6 Å². The Balaban J connectivity index is 2.60. The van der Waals surface area contributed by atoms with E-state index >= 15 is 0 Å². The van der Waals surface area contributed by atoms with Gasteiger partial charge in [0.1, 0.15) is 0 Å². The Morgan fingerprint density at radius 2 is 1.41 bits per heavy atom. The Bertz CT molecular complexity index is 499. The average Bonchev–Trinajstić information content (AvgIpc) is 2.57. The molecule has 1 aliphatic heterocycles. The van der Waals surface area contributed by atoms with E-state index in [4.69, 9.17) is 12.3 Å². The Morgan fingerprint density at radius 1 is 0.955 bits per heavy atom. The van der Waals surface area contributed by atoms with Gasteiger partial charge in [-0.15, -0.1) is 0 Å². The molecule has 1 aliphatic carbocycles. The molecule has 0 bridgehead atoms. The van der Waals surface area contributed by atoms with E-state index in [1.54, 1.807) is 0 Å². The van der Waals surface area contributed by atoms with Gasteiger partial charge in [-0.05, 0) is 0 Å². The fourth-order valence-electron chi connectivity index (χ4n) is 2.88. The number of carbonyl (C=O) groups is 4. The predicted octanol–water partition coefficient (Wildman–Crippen LogP) is 2.03. The molecular formula is C13H19IO8. The van der Waals surface area contributed by atoms with Gasteiger partial charge in [0.15, 0.2) is 0 Å². The van der Waals surface area contributed by atoms with Crippen molar-refractivity contribution in [3.05, 3.63) is 0 Å². The fraction of sp³-hybridized carbons (Fsp3) is 0.692. The van der Waals surface area contributed by atoms with E-state index in [1.165, 1.54) is 0 Å². The third-order valence-corrected chi connectivity index (χ3v) is 13.0. The molecule has 0 aromatic heterocycles. The molecule has 0 radical (unpaired) electrons. The summed E-state index contributed by atoms with van der Waals surface area (Å²) in [5.41, 5.74) is 0. The molecule has 2 atom stereocenters. The molecule has 2 fully saturated rings. The van der Waals surface area contributed by atoms with Crippen LogP contribution in [0.3, 0.4) is 0 Å². The van der Waals surface area contributed by atoms with Gasteiger partial charge in [-0.2, -0.15) is 0 Å². The minimum absolute atomic E-state index is 0.429. The van der Waals surface area contributed by atoms with E-state index in [0.717, 1.165) is 33.6 Å². The molecule has 0 amide bonds. The second kappa shape index (κ2) is 5.67. The van der Waals surface area contributed by atoms with Crippen molar-refractivity contribution in [2.24, 2.45) is 5.92 Å². The van der Waals surface area contributed by atoms with Gasteiger partial charge in [-0.3, -0.25) is 0 Å². The van der Waals surface area contributed by atoms with Crippen molar-refractivity contribution in [3.8, 4) is 0 Å². The molecule has 2 rings (SSSR count). The zero-order valence-corrected chi connectivity index (χ0v) is 14.8. The summed E-state index contributed by atoms with van der Waals surface area (Å²) in [5.74, 6) is -3.69. The minimum atomic E-state index is -5.77. The molecule has 8 nitrogen and oxygen atoms in total. The second-order valence-corrected chi connectivity index (χ2v) is 12.8. The van der Waals surface area contributed by atoms with Crippen molar-refractivity contribution in [2.75, 3.05) is 0 Å². The maximum absolute atomic E-state index is 12.2. The van der Waals surface area contributed by atoms with Crippen LogP contribution >= 0.6 is 18.7 Å². The van der Waals surface area contributed by atoms with Crippen LogP contribution in [0.2, 0.25) is 0 Å². The number of rotatable bonds is 3. The van der Waals surface area contributed by atoms with Crippen LogP contribution in [0.15, 0.2) is 0 Å². The Kier molecular flexibility index (Phi) is 4.37. The molecule has 0 spiro atoms. The van der Waals surface area contributed by atoms with E-state index in [1.807, 2.05) is 0 Å². The first-order chi connectivity index (χ1) is 10.2. The third kappa shape index (κ3) is 2.77. The first-order valence-electron chi connectivity index (χ1n) is 6.91. The molecule has 126 valence electrons. The SMILES string of the molecule is CC(=O)OI1(OC(C)=O)(OC(C)=O)OC(=O)C2CCCCC21. The van der Waals surface area contributed by atoms with Crippen molar-refractivity contribution < 1.29 is 31.4 Å². The summed E-state index contributed by atoms with van der Waals surface area (Å²) < 4.78 is 20.4. The van der Waals surface area contributed by atoms with E-state index in [9.17, 15) is 19.2 Å². The van der Waals surface area contributed by atoms with Gasteiger partial charge in [0.25, 0.3) is 0 Å². The zero-order valence-electron chi connectivity index (χ0n) is 12.6. The molecule has 2 aliphatic rings. The summed E-state index contributed by atoms with van der Waals surface area (Å²) in [6.45, 7) is 3.27. The van der Waals surface area contributed by atoms with E-state index in [-0.39, 0.29) is 0 Å². The van der Waals surface area contributed by atoms with Crippen molar-refractivity contribution in [2.45, 2.75) is 50.4 Å². The quantitative estimate of drug-likeness (QED) is 0.495. The Labute approximate surface area is 130 Å². The molecule has 0 aromatic rings. The molecule has 2 unspecified atom stereocenters. The number of fused-ring (bicyclic) bond motifs is 1. The molecule has 1 saturated carbocycles. The first kappa shape index (κ1) is 17.0. The molecule has 22 heavy (non-hydrogen) atoms. The van der Waals surface area contributed by atoms with Crippen molar-refractivity contribution in [3.63, 3.8) is 0 Å². The van der Waals surface area contributed by atoms with Crippen LogP contribution in [0.5, 0.6) is 0 Å². The normalized spacial score (nSPS) is 30.0. The number of alkyl halides is 1. The molecule has 0 aromatic carbocycles. The Hall–Kier alpha value is -1.39. The van der Waals surface area contributed by atoms with Crippen LogP contribution in [0.25, 0.3) is 0 Å². The number of halogens is 1. The van der Waals surface area contributed by atoms with Crippen LogP contribution in [0.1, 0.15) is 46.5 Å². The average molecular weight is 430 g/mol. The number of carbonyl (C=O) groups excluding carboxylic acids is 4. The molecule has 1 saturated heterocycles. The summed E-state index contributed by atoms with van der Waals surface area (Å²) in [6, 6.07) is 0.